The molecule has 1 unspecified atom stereocenters. The van der Waals surface area contributed by atoms with Crippen molar-refractivity contribution in [2.24, 2.45) is 12.0 Å². The van der Waals surface area contributed by atoms with Crippen molar-refractivity contribution in [2.45, 2.75) is 19.4 Å². The zero-order chi connectivity index (χ0) is 22.1. The smallest absolute Gasteiger partial charge is 0.253 e. The maximum atomic E-state index is 12.2. The molecule has 1 atom stereocenters. The summed E-state index contributed by atoms with van der Waals surface area (Å²) in [5, 5.41) is 11.0. The quantitative estimate of drug-likeness (QED) is 0.289. The molecule has 0 spiro atoms. The molecule has 0 fully saturated rings. The number of likely N-dealkylation sites (N-methyl/N-ethyl adjacent to an activating group) is 1. The van der Waals surface area contributed by atoms with Crippen LogP contribution in [-0.4, -0.2) is 79.3 Å². The van der Waals surface area contributed by atoms with Gasteiger partial charge in [0.25, 0.3) is 5.91 Å². The SMILES string of the molecule is CCNC(=NCC(c1cnn(C)c1)N(C)C)NCCc1cccc(C(=O)N(C)C)c1.I. The second-order valence-electron chi connectivity index (χ2n) is 7.72. The van der Waals surface area contributed by atoms with Crippen LogP contribution < -0.4 is 10.6 Å². The van der Waals surface area contributed by atoms with Gasteiger partial charge in [-0.2, -0.15) is 5.10 Å². The molecule has 0 saturated heterocycles. The molecule has 8 nitrogen and oxygen atoms in total. The fourth-order valence-corrected chi connectivity index (χ4v) is 3.14. The first-order chi connectivity index (χ1) is 14.3. The standard InChI is InChI=1S/C22H35N7O.HI/c1-7-23-22(25-15-20(27(2)3)19-14-26-29(6)16-19)24-12-11-17-9-8-10-18(13-17)21(30)28(4)5;/h8-10,13-14,16,20H,7,11-12,15H2,1-6H3,(H2,23,24,25);1H. The van der Waals surface area contributed by atoms with Crippen molar-refractivity contribution in [3.8, 4) is 0 Å². The third-order valence-corrected chi connectivity index (χ3v) is 4.79. The molecule has 0 aliphatic carbocycles. The van der Waals surface area contributed by atoms with Crippen molar-refractivity contribution in [1.29, 1.82) is 0 Å². The van der Waals surface area contributed by atoms with E-state index < -0.39 is 0 Å². The average molecular weight is 541 g/mol. The van der Waals surface area contributed by atoms with Crippen molar-refractivity contribution in [3.63, 3.8) is 0 Å². The number of benzene rings is 1. The van der Waals surface area contributed by atoms with Gasteiger partial charge in [0.1, 0.15) is 0 Å². The van der Waals surface area contributed by atoms with Gasteiger partial charge in [0.2, 0.25) is 0 Å². The molecule has 1 aromatic carbocycles. The molecule has 0 aliphatic heterocycles. The number of nitrogens with zero attached hydrogens (tertiary/aromatic N) is 5. The van der Waals surface area contributed by atoms with E-state index in [0.29, 0.717) is 12.1 Å². The number of carbonyl (C=O) groups is 1. The van der Waals surface area contributed by atoms with E-state index in [1.54, 1.807) is 19.0 Å². The maximum absolute atomic E-state index is 12.2. The van der Waals surface area contributed by atoms with Gasteiger partial charge < -0.3 is 20.4 Å². The number of nitrogens with one attached hydrogen (secondary N) is 2. The van der Waals surface area contributed by atoms with E-state index in [4.69, 9.17) is 4.99 Å². The molecule has 9 heteroatoms. The summed E-state index contributed by atoms with van der Waals surface area (Å²) in [7, 11) is 9.56. The van der Waals surface area contributed by atoms with Crippen LogP contribution in [0.25, 0.3) is 0 Å². The molecule has 31 heavy (non-hydrogen) atoms. The van der Waals surface area contributed by atoms with E-state index in [-0.39, 0.29) is 35.9 Å². The summed E-state index contributed by atoms with van der Waals surface area (Å²) in [6.45, 7) is 4.20. The van der Waals surface area contributed by atoms with Crippen LogP contribution in [0.5, 0.6) is 0 Å². The third kappa shape index (κ3) is 8.48. The summed E-state index contributed by atoms with van der Waals surface area (Å²) in [4.78, 5) is 20.7. The number of aromatic nitrogens is 2. The monoisotopic (exact) mass is 541 g/mol. The molecule has 2 rings (SSSR count). The molecule has 0 saturated carbocycles. The highest BCUT2D eigenvalue weighted by atomic mass is 127. The third-order valence-electron chi connectivity index (χ3n) is 4.79. The van der Waals surface area contributed by atoms with E-state index in [1.807, 2.05) is 48.4 Å². The van der Waals surface area contributed by atoms with Gasteiger partial charge in [-0.05, 0) is 45.1 Å². The van der Waals surface area contributed by atoms with E-state index in [0.717, 1.165) is 36.6 Å². The number of amides is 1. The van der Waals surface area contributed by atoms with E-state index >= 15 is 0 Å². The number of rotatable bonds is 9. The highest BCUT2D eigenvalue weighted by Gasteiger charge is 2.15. The van der Waals surface area contributed by atoms with Gasteiger partial charge in [0.15, 0.2) is 5.96 Å². The van der Waals surface area contributed by atoms with Crippen LogP contribution in [0, 0.1) is 0 Å². The fourth-order valence-electron chi connectivity index (χ4n) is 3.14. The van der Waals surface area contributed by atoms with E-state index in [2.05, 4.69) is 41.7 Å². The van der Waals surface area contributed by atoms with Crippen molar-refractivity contribution in [2.75, 3.05) is 47.8 Å². The van der Waals surface area contributed by atoms with Gasteiger partial charge in [-0.15, -0.1) is 24.0 Å². The van der Waals surface area contributed by atoms with Gasteiger partial charge in [-0.25, -0.2) is 0 Å². The Kier molecular flexibility index (Phi) is 11.5. The topological polar surface area (TPSA) is 77.8 Å². The molecular formula is C22H36IN7O. The number of guanidine groups is 1. The Morgan fingerprint density at radius 1 is 1.23 bits per heavy atom. The van der Waals surface area contributed by atoms with Crippen LogP contribution in [0.3, 0.4) is 0 Å². The first kappa shape index (κ1) is 26.9. The average Bonchev–Trinajstić information content (AvgIpc) is 3.13. The summed E-state index contributed by atoms with van der Waals surface area (Å²) in [5.74, 6) is 0.804. The van der Waals surface area contributed by atoms with Gasteiger partial charge in [0, 0.05) is 51.6 Å². The van der Waals surface area contributed by atoms with Crippen molar-refractivity contribution >= 4 is 35.8 Å². The minimum absolute atomic E-state index is 0. The lowest BCUT2D eigenvalue weighted by Gasteiger charge is -2.22. The second kappa shape index (κ2) is 13.3. The summed E-state index contributed by atoms with van der Waals surface area (Å²) in [5.41, 5.74) is 2.97. The predicted octanol–water partition coefficient (Wildman–Crippen LogP) is 2.14. The number of carbonyl (C=O) groups excluding carboxylic acids is 1. The molecule has 1 amide bonds. The van der Waals surface area contributed by atoms with E-state index in [9.17, 15) is 4.79 Å². The lowest BCUT2D eigenvalue weighted by molar-refractivity contribution is 0.0827. The van der Waals surface area contributed by atoms with Crippen LogP contribution in [0.15, 0.2) is 41.7 Å². The van der Waals surface area contributed by atoms with Crippen LogP contribution in [-0.2, 0) is 13.5 Å². The molecule has 0 bridgehead atoms. The van der Waals surface area contributed by atoms with Gasteiger partial charge >= 0.3 is 0 Å². The molecule has 1 aromatic heterocycles. The molecule has 0 aliphatic rings. The predicted molar refractivity (Wildman–Crippen MR) is 137 cm³/mol. The highest BCUT2D eigenvalue weighted by Crippen LogP contribution is 2.17. The Balaban J connectivity index is 0.00000480. The van der Waals surface area contributed by atoms with Gasteiger partial charge in [0.05, 0.1) is 18.8 Å². The van der Waals surface area contributed by atoms with Gasteiger partial charge in [-0.3, -0.25) is 14.5 Å². The number of aliphatic imine (C=N–C) groups is 1. The Morgan fingerprint density at radius 3 is 2.55 bits per heavy atom. The van der Waals surface area contributed by atoms with Crippen LogP contribution in [0.2, 0.25) is 0 Å². The summed E-state index contributed by atoms with van der Waals surface area (Å²) in [6.07, 6.45) is 4.73. The minimum Gasteiger partial charge on any atom is -0.357 e. The number of hydrogen-bond donors (Lipinski definition) is 2. The lowest BCUT2D eigenvalue weighted by atomic mass is 10.1. The van der Waals surface area contributed by atoms with Crippen molar-refractivity contribution in [1.82, 2.24) is 30.2 Å². The van der Waals surface area contributed by atoms with Crippen molar-refractivity contribution < 1.29 is 4.79 Å². The van der Waals surface area contributed by atoms with E-state index in [1.165, 1.54) is 0 Å². The molecule has 2 N–H and O–H groups in total. The summed E-state index contributed by atoms with van der Waals surface area (Å²) >= 11 is 0. The fraction of sp³-hybridized carbons (Fsp3) is 0.500. The number of halogens is 1. The van der Waals surface area contributed by atoms with Crippen molar-refractivity contribution in [3.05, 3.63) is 53.3 Å². The number of aryl methyl sites for hydroxylation is 1. The summed E-state index contributed by atoms with van der Waals surface area (Å²) in [6, 6.07) is 7.94. The normalized spacial score (nSPS) is 12.3. The summed E-state index contributed by atoms with van der Waals surface area (Å²) < 4.78 is 1.81. The van der Waals surface area contributed by atoms with Crippen LogP contribution in [0.1, 0.15) is 34.5 Å². The van der Waals surface area contributed by atoms with Crippen LogP contribution >= 0.6 is 24.0 Å². The lowest BCUT2D eigenvalue weighted by Crippen LogP contribution is -2.39. The largest absolute Gasteiger partial charge is 0.357 e. The Morgan fingerprint density at radius 2 is 1.97 bits per heavy atom. The Hall–Kier alpha value is -2.14. The van der Waals surface area contributed by atoms with Crippen LogP contribution in [0.4, 0.5) is 0 Å². The second-order valence-corrected chi connectivity index (χ2v) is 7.72. The first-order valence-corrected chi connectivity index (χ1v) is 10.3. The maximum Gasteiger partial charge on any atom is 0.253 e. The Labute approximate surface area is 203 Å². The zero-order valence-electron chi connectivity index (χ0n) is 19.4. The molecule has 2 aromatic rings. The zero-order valence-corrected chi connectivity index (χ0v) is 21.8. The molecule has 1 heterocycles. The van der Waals surface area contributed by atoms with Gasteiger partial charge in [-0.1, -0.05) is 12.1 Å². The molecule has 172 valence electrons. The molecular weight excluding hydrogens is 505 g/mol. The minimum atomic E-state index is 0. The molecule has 0 radical (unpaired) electrons. The Bertz CT molecular complexity index is 848. The first-order valence-electron chi connectivity index (χ1n) is 10.3. The number of hydrogen-bond acceptors (Lipinski definition) is 4. The highest BCUT2D eigenvalue weighted by molar-refractivity contribution is 14.0.